The first-order valence-corrected chi connectivity index (χ1v) is 4.97. The fourth-order valence-corrected chi connectivity index (χ4v) is 3.60. The average Bonchev–Trinajstić information content (AvgIpc) is 2.07. The zero-order valence-electron chi connectivity index (χ0n) is 7.07. The molecule has 4 saturated carbocycles. The summed E-state index contributed by atoms with van der Waals surface area (Å²) in [6, 6.07) is 0. The van der Waals surface area contributed by atoms with Gasteiger partial charge in [0.2, 0.25) is 0 Å². The highest BCUT2D eigenvalue weighted by Crippen LogP contribution is 2.51. The number of ketones is 1. The third-order valence-electron chi connectivity index (χ3n) is 4.09. The van der Waals surface area contributed by atoms with Gasteiger partial charge in [-0.2, -0.15) is 0 Å². The van der Waals surface area contributed by atoms with Crippen LogP contribution in [0.5, 0.6) is 0 Å². The molecule has 0 saturated heterocycles. The van der Waals surface area contributed by atoms with E-state index in [0.717, 1.165) is 25.2 Å². The van der Waals surface area contributed by atoms with Crippen LogP contribution < -0.4 is 0 Å². The van der Waals surface area contributed by atoms with Crippen LogP contribution in [0.3, 0.4) is 0 Å². The lowest BCUT2D eigenvalue weighted by Gasteiger charge is -2.51. The van der Waals surface area contributed by atoms with Crippen molar-refractivity contribution in [3.05, 3.63) is 0 Å². The van der Waals surface area contributed by atoms with Crippen molar-refractivity contribution < 1.29 is 9.90 Å². The topological polar surface area (TPSA) is 37.3 Å². The van der Waals surface area contributed by atoms with Gasteiger partial charge in [-0.05, 0) is 37.5 Å². The zero-order chi connectivity index (χ0) is 8.29. The van der Waals surface area contributed by atoms with Crippen LogP contribution in [0.1, 0.15) is 25.7 Å². The van der Waals surface area contributed by atoms with Crippen molar-refractivity contribution in [2.24, 2.45) is 23.7 Å². The fourth-order valence-electron chi connectivity index (χ4n) is 3.60. The highest BCUT2D eigenvalue weighted by Gasteiger charge is 2.52. The number of rotatable bonds is 0. The Balaban J connectivity index is 1.98. The van der Waals surface area contributed by atoms with Gasteiger partial charge >= 0.3 is 0 Å². The summed E-state index contributed by atoms with van der Waals surface area (Å²) in [5.41, 5.74) is 0. The van der Waals surface area contributed by atoms with Gasteiger partial charge in [0.25, 0.3) is 0 Å². The van der Waals surface area contributed by atoms with Crippen molar-refractivity contribution in [3.8, 4) is 0 Å². The van der Waals surface area contributed by atoms with Crippen LogP contribution >= 0.6 is 0 Å². The van der Waals surface area contributed by atoms with E-state index < -0.39 is 0 Å². The molecule has 0 aromatic rings. The second kappa shape index (κ2) is 2.11. The van der Waals surface area contributed by atoms with Gasteiger partial charge in [0.05, 0.1) is 6.10 Å². The summed E-state index contributed by atoms with van der Waals surface area (Å²) in [5.74, 6) is 1.96. The Kier molecular flexibility index (Phi) is 1.24. The maximum absolute atomic E-state index is 11.6. The molecule has 0 aromatic heterocycles. The molecule has 4 aliphatic rings. The zero-order valence-corrected chi connectivity index (χ0v) is 7.07. The maximum atomic E-state index is 11.6. The molecule has 1 N–H and O–H groups in total. The van der Waals surface area contributed by atoms with Gasteiger partial charge in [-0.15, -0.1) is 0 Å². The van der Waals surface area contributed by atoms with Crippen LogP contribution in [-0.2, 0) is 4.79 Å². The molecule has 4 aliphatic carbocycles. The third kappa shape index (κ3) is 0.717. The Morgan fingerprint density at radius 2 is 2.00 bits per heavy atom. The van der Waals surface area contributed by atoms with E-state index in [1.165, 1.54) is 6.42 Å². The third-order valence-corrected chi connectivity index (χ3v) is 4.09. The molecule has 4 fully saturated rings. The Bertz CT molecular complexity index is 236. The number of hydrogen-bond donors (Lipinski definition) is 1. The predicted octanol–water partition coefficient (Wildman–Crippen LogP) is 0.982. The first-order chi connectivity index (χ1) is 5.75. The van der Waals surface area contributed by atoms with E-state index in [4.69, 9.17) is 0 Å². The first kappa shape index (κ1) is 7.07. The van der Waals surface area contributed by atoms with Crippen molar-refractivity contribution in [1.29, 1.82) is 0 Å². The molecule has 0 radical (unpaired) electrons. The minimum Gasteiger partial charge on any atom is -0.392 e. The molecule has 0 amide bonds. The Hall–Kier alpha value is -0.370. The lowest BCUT2D eigenvalue weighted by Crippen LogP contribution is -2.53. The van der Waals surface area contributed by atoms with Crippen LogP contribution in [0.15, 0.2) is 0 Å². The summed E-state index contributed by atoms with van der Waals surface area (Å²) in [6.45, 7) is 0. The number of Topliss-reactive ketones (excluding diaryl/α,β-unsaturated/α-hetero) is 1. The maximum Gasteiger partial charge on any atom is 0.141 e. The predicted molar refractivity (Wildman–Crippen MR) is 43.4 cm³/mol. The van der Waals surface area contributed by atoms with E-state index in [2.05, 4.69) is 0 Å². The minimum absolute atomic E-state index is 0.0289. The van der Waals surface area contributed by atoms with Crippen LogP contribution in [0, 0.1) is 23.7 Å². The molecule has 4 bridgehead atoms. The number of carbonyl (C=O) groups excluding carboxylic acids is 1. The first-order valence-electron chi connectivity index (χ1n) is 4.97. The van der Waals surface area contributed by atoms with Crippen LogP contribution in [-0.4, -0.2) is 17.0 Å². The fraction of sp³-hybridized carbons (Fsp3) is 0.900. The van der Waals surface area contributed by atoms with Gasteiger partial charge in [0.15, 0.2) is 0 Å². The van der Waals surface area contributed by atoms with E-state index >= 15 is 0 Å². The van der Waals surface area contributed by atoms with Gasteiger partial charge in [-0.3, -0.25) is 4.79 Å². The van der Waals surface area contributed by atoms with Gasteiger partial charge in [0, 0.05) is 11.8 Å². The molecule has 0 aliphatic heterocycles. The summed E-state index contributed by atoms with van der Waals surface area (Å²) >= 11 is 0. The lowest BCUT2D eigenvalue weighted by atomic mass is 9.54. The van der Waals surface area contributed by atoms with Gasteiger partial charge in [0.1, 0.15) is 5.78 Å². The second-order valence-corrected chi connectivity index (χ2v) is 4.77. The molecule has 12 heavy (non-hydrogen) atoms. The summed E-state index contributed by atoms with van der Waals surface area (Å²) < 4.78 is 0. The Labute approximate surface area is 72.0 Å². The van der Waals surface area contributed by atoms with Crippen LogP contribution in [0.4, 0.5) is 0 Å². The molecule has 5 atom stereocenters. The summed E-state index contributed by atoms with van der Waals surface area (Å²) in [5, 5.41) is 9.78. The van der Waals surface area contributed by atoms with Crippen LogP contribution in [0.25, 0.3) is 0 Å². The van der Waals surface area contributed by atoms with Gasteiger partial charge in [-0.1, -0.05) is 0 Å². The van der Waals surface area contributed by atoms with Gasteiger partial charge < -0.3 is 5.11 Å². The summed E-state index contributed by atoms with van der Waals surface area (Å²) in [7, 11) is 0. The van der Waals surface area contributed by atoms with E-state index in [9.17, 15) is 9.90 Å². The minimum atomic E-state index is -0.287. The summed E-state index contributed by atoms with van der Waals surface area (Å²) in [6.07, 6.45) is 3.98. The molecule has 0 spiro atoms. The van der Waals surface area contributed by atoms with Crippen molar-refractivity contribution in [3.63, 3.8) is 0 Å². The SMILES string of the molecule is O=C1C2CC3CC(C2)[C@H](O)C1C3. The molecule has 0 heterocycles. The van der Waals surface area contributed by atoms with Crippen molar-refractivity contribution >= 4 is 5.78 Å². The number of carbonyl (C=O) groups is 1. The molecule has 4 rings (SSSR count). The van der Waals surface area contributed by atoms with Crippen molar-refractivity contribution in [1.82, 2.24) is 0 Å². The average molecular weight is 166 g/mol. The van der Waals surface area contributed by atoms with E-state index in [-0.39, 0.29) is 12.0 Å². The van der Waals surface area contributed by atoms with Crippen molar-refractivity contribution in [2.75, 3.05) is 0 Å². The molecule has 2 nitrogen and oxygen atoms in total. The molecule has 0 aromatic carbocycles. The van der Waals surface area contributed by atoms with Crippen molar-refractivity contribution in [2.45, 2.75) is 31.8 Å². The molecule has 4 unspecified atom stereocenters. The number of aliphatic hydroxyl groups excluding tert-OH is 1. The smallest absolute Gasteiger partial charge is 0.141 e. The highest BCUT2D eigenvalue weighted by atomic mass is 16.3. The van der Waals surface area contributed by atoms with Gasteiger partial charge in [-0.25, -0.2) is 0 Å². The lowest BCUT2D eigenvalue weighted by molar-refractivity contribution is -0.154. The van der Waals surface area contributed by atoms with E-state index in [0.29, 0.717) is 17.6 Å². The van der Waals surface area contributed by atoms with E-state index in [1.807, 2.05) is 0 Å². The molecular weight excluding hydrogens is 152 g/mol. The number of hydrogen-bond acceptors (Lipinski definition) is 2. The monoisotopic (exact) mass is 166 g/mol. The summed E-state index contributed by atoms with van der Waals surface area (Å²) in [4.78, 5) is 11.6. The molecule has 2 heteroatoms. The standard InChI is InChI=1S/C10H14O2/c11-9-6-1-5-2-7(4-6)10(12)8(9)3-5/h5-9,11H,1-4H2/t5?,6?,7?,8?,9-/m0/s1. The van der Waals surface area contributed by atoms with E-state index in [1.54, 1.807) is 0 Å². The Morgan fingerprint density at radius 1 is 1.17 bits per heavy atom. The second-order valence-electron chi connectivity index (χ2n) is 4.77. The normalized spacial score (nSPS) is 56.4. The Morgan fingerprint density at radius 3 is 2.83 bits per heavy atom. The quantitative estimate of drug-likeness (QED) is 0.582. The van der Waals surface area contributed by atoms with Crippen LogP contribution in [0.2, 0.25) is 0 Å². The molecule has 66 valence electrons. The highest BCUT2D eigenvalue weighted by molar-refractivity contribution is 5.86. The number of aliphatic hydroxyl groups is 1. The molecular formula is C10H14O2. The largest absolute Gasteiger partial charge is 0.392 e.